The molecule has 0 aromatic heterocycles. The summed E-state index contributed by atoms with van der Waals surface area (Å²) in [4.78, 5) is 11.7. The molecule has 0 unspecified atom stereocenters. The van der Waals surface area contributed by atoms with Gasteiger partial charge in [0, 0.05) is 23.6 Å². The minimum absolute atomic E-state index is 0.132. The van der Waals surface area contributed by atoms with Crippen molar-refractivity contribution in [2.75, 3.05) is 11.1 Å². The number of thioether (sulfide) groups is 1. The maximum absolute atomic E-state index is 13.0. The number of halogens is 3. The van der Waals surface area contributed by atoms with Crippen LogP contribution in [0.3, 0.4) is 0 Å². The molecule has 2 aromatic rings. The van der Waals surface area contributed by atoms with E-state index >= 15 is 0 Å². The number of carbonyl (C=O) groups excluding carboxylic acids is 1. The van der Waals surface area contributed by atoms with Gasteiger partial charge >= 0.3 is 0 Å². The predicted molar refractivity (Wildman–Crippen MR) is 92.3 cm³/mol. The molecule has 0 aliphatic heterocycles. The Morgan fingerprint density at radius 1 is 1.14 bits per heavy atom. The van der Waals surface area contributed by atoms with Crippen molar-refractivity contribution >= 4 is 46.6 Å². The highest BCUT2D eigenvalue weighted by molar-refractivity contribution is 7.98. The van der Waals surface area contributed by atoms with Crippen molar-refractivity contribution in [1.29, 1.82) is 0 Å². The van der Waals surface area contributed by atoms with Gasteiger partial charge in [-0.25, -0.2) is 4.39 Å². The van der Waals surface area contributed by atoms with Crippen molar-refractivity contribution in [3.8, 4) is 0 Å². The molecule has 116 valence electrons. The van der Waals surface area contributed by atoms with Crippen molar-refractivity contribution in [3.63, 3.8) is 0 Å². The van der Waals surface area contributed by atoms with Crippen LogP contribution in [-0.4, -0.2) is 11.7 Å². The number of hydrogen-bond acceptors (Lipinski definition) is 2. The van der Waals surface area contributed by atoms with Gasteiger partial charge in [0.1, 0.15) is 5.82 Å². The first kappa shape index (κ1) is 17.1. The Morgan fingerprint density at radius 3 is 2.68 bits per heavy atom. The van der Waals surface area contributed by atoms with Gasteiger partial charge in [-0.15, -0.1) is 0 Å². The summed E-state index contributed by atoms with van der Waals surface area (Å²) >= 11 is 13.4. The second-order valence-corrected chi connectivity index (χ2v) is 6.53. The van der Waals surface area contributed by atoms with E-state index in [1.807, 2.05) is 12.1 Å². The average molecular weight is 358 g/mol. The lowest BCUT2D eigenvalue weighted by atomic mass is 10.2. The van der Waals surface area contributed by atoms with Crippen LogP contribution < -0.4 is 5.32 Å². The van der Waals surface area contributed by atoms with E-state index in [2.05, 4.69) is 5.32 Å². The second-order valence-electron chi connectivity index (χ2n) is 4.61. The van der Waals surface area contributed by atoms with E-state index in [-0.39, 0.29) is 11.7 Å². The highest BCUT2D eigenvalue weighted by Gasteiger charge is 2.04. The maximum atomic E-state index is 13.0. The largest absolute Gasteiger partial charge is 0.326 e. The highest BCUT2D eigenvalue weighted by Crippen LogP contribution is 2.24. The van der Waals surface area contributed by atoms with Gasteiger partial charge in [-0.05, 0) is 35.9 Å². The molecule has 6 heteroatoms. The fourth-order valence-corrected chi connectivity index (χ4v) is 2.98. The Bertz CT molecular complexity index is 666. The smallest absolute Gasteiger partial charge is 0.225 e. The number of hydrogen-bond donors (Lipinski definition) is 1. The third-order valence-electron chi connectivity index (χ3n) is 2.83. The van der Waals surface area contributed by atoms with Gasteiger partial charge in [0.2, 0.25) is 5.91 Å². The van der Waals surface area contributed by atoms with Crippen molar-refractivity contribution in [2.24, 2.45) is 0 Å². The summed E-state index contributed by atoms with van der Waals surface area (Å²) in [6.07, 6.45) is 0.364. The number of amides is 1. The zero-order valence-corrected chi connectivity index (χ0v) is 13.9. The fourth-order valence-electron chi connectivity index (χ4n) is 1.77. The van der Waals surface area contributed by atoms with E-state index in [4.69, 9.17) is 23.2 Å². The topological polar surface area (TPSA) is 29.1 Å². The maximum Gasteiger partial charge on any atom is 0.225 e. The summed E-state index contributed by atoms with van der Waals surface area (Å²) in [5, 5.41) is 3.73. The molecule has 22 heavy (non-hydrogen) atoms. The quantitative estimate of drug-likeness (QED) is 0.701. The number of anilines is 1. The van der Waals surface area contributed by atoms with Gasteiger partial charge in [-0.2, -0.15) is 11.8 Å². The number of carbonyl (C=O) groups is 1. The van der Waals surface area contributed by atoms with E-state index in [1.165, 1.54) is 12.1 Å². The Morgan fingerprint density at radius 2 is 1.95 bits per heavy atom. The molecule has 0 saturated heterocycles. The Hall–Kier alpha value is -1.23. The van der Waals surface area contributed by atoms with Crippen LogP contribution in [-0.2, 0) is 10.5 Å². The van der Waals surface area contributed by atoms with Crippen molar-refractivity contribution in [1.82, 2.24) is 0 Å². The normalized spacial score (nSPS) is 10.5. The first-order valence-electron chi connectivity index (χ1n) is 6.61. The summed E-state index contributed by atoms with van der Waals surface area (Å²) in [7, 11) is 0. The van der Waals surface area contributed by atoms with Crippen LogP contribution >= 0.6 is 35.0 Å². The van der Waals surface area contributed by atoms with Gasteiger partial charge in [-0.3, -0.25) is 4.79 Å². The van der Waals surface area contributed by atoms with Crippen LogP contribution in [0.4, 0.5) is 10.1 Å². The Kier molecular flexibility index (Phi) is 6.55. The number of benzene rings is 2. The molecule has 0 aliphatic carbocycles. The van der Waals surface area contributed by atoms with E-state index in [0.717, 1.165) is 11.3 Å². The minimum atomic E-state index is -0.369. The van der Waals surface area contributed by atoms with Gasteiger partial charge in [-0.1, -0.05) is 35.3 Å². The summed E-state index contributed by atoms with van der Waals surface area (Å²) in [6.45, 7) is 0. The lowest BCUT2D eigenvalue weighted by Crippen LogP contribution is -2.12. The second kappa shape index (κ2) is 8.42. The molecule has 1 amide bonds. The van der Waals surface area contributed by atoms with Crippen LogP contribution in [0.1, 0.15) is 12.0 Å². The van der Waals surface area contributed by atoms with Crippen molar-refractivity contribution < 1.29 is 9.18 Å². The first-order valence-corrected chi connectivity index (χ1v) is 8.53. The number of nitrogens with one attached hydrogen (secondary N) is 1. The third-order valence-corrected chi connectivity index (χ3v) is 4.60. The lowest BCUT2D eigenvalue weighted by molar-refractivity contribution is -0.115. The van der Waals surface area contributed by atoms with Crippen molar-refractivity contribution in [2.45, 2.75) is 12.2 Å². The molecule has 1 N–H and O–H groups in total. The van der Waals surface area contributed by atoms with Crippen LogP contribution in [0.5, 0.6) is 0 Å². The van der Waals surface area contributed by atoms with E-state index < -0.39 is 0 Å². The van der Waals surface area contributed by atoms with E-state index in [9.17, 15) is 9.18 Å². The van der Waals surface area contributed by atoms with E-state index in [1.54, 1.807) is 30.0 Å². The third kappa shape index (κ3) is 5.52. The van der Waals surface area contributed by atoms with Crippen molar-refractivity contribution in [3.05, 3.63) is 63.9 Å². The molecule has 0 atom stereocenters. The summed E-state index contributed by atoms with van der Waals surface area (Å²) in [5.74, 6) is 0.921. The molecule has 0 heterocycles. The first-order chi connectivity index (χ1) is 10.5. The Labute approximate surface area is 143 Å². The zero-order valence-electron chi connectivity index (χ0n) is 11.6. The summed E-state index contributed by atoms with van der Waals surface area (Å²) < 4.78 is 13.0. The number of rotatable bonds is 6. The van der Waals surface area contributed by atoms with Gasteiger partial charge in [0.05, 0.1) is 10.0 Å². The monoisotopic (exact) mass is 357 g/mol. The molecule has 0 radical (unpaired) electrons. The molecule has 0 saturated carbocycles. The SMILES string of the molecule is O=C(CCSCc1ccc(Cl)c(Cl)c1)Nc1cccc(F)c1. The van der Waals surface area contributed by atoms with Crippen LogP contribution in [0, 0.1) is 5.82 Å². The molecule has 2 rings (SSSR count). The molecule has 0 spiro atoms. The fraction of sp³-hybridized carbons (Fsp3) is 0.188. The van der Waals surface area contributed by atoms with Crippen LogP contribution in [0.15, 0.2) is 42.5 Å². The highest BCUT2D eigenvalue weighted by atomic mass is 35.5. The standard InChI is InChI=1S/C16H14Cl2FNOS/c17-14-5-4-11(8-15(14)18)10-22-7-6-16(21)20-13-3-1-2-12(19)9-13/h1-5,8-9H,6-7,10H2,(H,20,21). The van der Waals surface area contributed by atoms with Gasteiger partial charge < -0.3 is 5.32 Å². The van der Waals surface area contributed by atoms with Crippen LogP contribution in [0.2, 0.25) is 10.0 Å². The summed E-state index contributed by atoms with van der Waals surface area (Å²) in [5.41, 5.74) is 1.53. The van der Waals surface area contributed by atoms with Gasteiger partial charge in [0.15, 0.2) is 0 Å². The molecular weight excluding hydrogens is 344 g/mol. The predicted octanol–water partition coefficient (Wildman–Crippen LogP) is 5.39. The van der Waals surface area contributed by atoms with Crippen LogP contribution in [0.25, 0.3) is 0 Å². The molecule has 0 aliphatic rings. The van der Waals surface area contributed by atoms with Gasteiger partial charge in [0.25, 0.3) is 0 Å². The minimum Gasteiger partial charge on any atom is -0.326 e. The average Bonchev–Trinajstić information content (AvgIpc) is 2.47. The molecular formula is C16H14Cl2FNOS. The molecule has 0 bridgehead atoms. The Balaban J connectivity index is 1.72. The zero-order chi connectivity index (χ0) is 15.9. The summed E-state index contributed by atoms with van der Waals surface area (Å²) in [6, 6.07) is 11.3. The molecule has 2 aromatic carbocycles. The molecule has 2 nitrogen and oxygen atoms in total. The lowest BCUT2D eigenvalue weighted by Gasteiger charge is -2.06. The van der Waals surface area contributed by atoms with E-state index in [0.29, 0.717) is 27.9 Å². The molecule has 0 fully saturated rings.